The van der Waals surface area contributed by atoms with E-state index in [1.807, 2.05) is 21.9 Å². The number of benzene rings is 3. The number of rotatable bonds is 13. The molecule has 5 heterocycles. The van der Waals surface area contributed by atoms with E-state index >= 15 is 8.78 Å². The molecule has 71 heavy (non-hydrogen) atoms. The maximum absolute atomic E-state index is 15.3. The van der Waals surface area contributed by atoms with Crippen LogP contribution >= 0.6 is 0 Å². The summed E-state index contributed by atoms with van der Waals surface area (Å²) in [7, 11) is 0. The van der Waals surface area contributed by atoms with Crippen molar-refractivity contribution in [3.63, 3.8) is 0 Å². The number of fused-ring (bicyclic) bond motifs is 1. The summed E-state index contributed by atoms with van der Waals surface area (Å²) in [5.74, 6) is -2.02. The Hall–Kier alpha value is -6.07. The summed E-state index contributed by atoms with van der Waals surface area (Å²) in [6.45, 7) is 5.11. The first-order valence-electron chi connectivity index (χ1n) is 25.8. The molecule has 3 aromatic carbocycles. The van der Waals surface area contributed by atoms with Crippen molar-refractivity contribution in [2.45, 2.75) is 101 Å². The van der Waals surface area contributed by atoms with E-state index in [-0.39, 0.29) is 84.0 Å². The molecule has 5 amide bonds. The zero-order chi connectivity index (χ0) is 49.2. The van der Waals surface area contributed by atoms with Crippen LogP contribution in [0.1, 0.15) is 114 Å². The van der Waals surface area contributed by atoms with Crippen molar-refractivity contribution in [2.24, 2.45) is 11.8 Å². The number of nitrogens with one attached hydrogen (secondary N) is 2. The highest BCUT2D eigenvalue weighted by molar-refractivity contribution is 5.98. The quantitative estimate of drug-likeness (QED) is 0.182. The minimum absolute atomic E-state index is 0.00783. The number of aromatic nitrogens is 2. The van der Waals surface area contributed by atoms with Crippen LogP contribution in [0.4, 0.5) is 8.78 Å². The Morgan fingerprint density at radius 1 is 0.690 bits per heavy atom. The van der Waals surface area contributed by atoms with Gasteiger partial charge < -0.3 is 29.7 Å². The molecule has 6 aliphatic rings. The first kappa shape index (κ1) is 48.6. The summed E-state index contributed by atoms with van der Waals surface area (Å²) < 4.78 is 36.9. The smallest absolute Gasteiger partial charge is 0.272 e. The zero-order valence-corrected chi connectivity index (χ0v) is 40.3. The summed E-state index contributed by atoms with van der Waals surface area (Å²) in [4.78, 5) is 89.0. The highest BCUT2D eigenvalue weighted by Crippen LogP contribution is 2.37. The largest absolute Gasteiger partial charge is 0.375 e. The second-order valence-electron chi connectivity index (χ2n) is 20.6. The van der Waals surface area contributed by atoms with Gasteiger partial charge >= 0.3 is 0 Å². The number of ether oxygens (including phenoxy) is 1. The fraction of sp³-hybridized carbons (Fsp3) is 0.537. The van der Waals surface area contributed by atoms with E-state index in [1.54, 1.807) is 46.2 Å². The van der Waals surface area contributed by atoms with Crippen LogP contribution in [0.2, 0.25) is 0 Å². The lowest BCUT2D eigenvalue weighted by molar-refractivity contribution is -0.140. The fourth-order valence-corrected chi connectivity index (χ4v) is 11.3. The molecule has 2 N–H and O–H groups in total. The molecule has 15 nitrogen and oxygen atoms in total. The maximum Gasteiger partial charge on any atom is 0.272 e. The molecule has 4 aromatic rings. The van der Waals surface area contributed by atoms with Gasteiger partial charge in [0.25, 0.3) is 17.4 Å². The second-order valence-corrected chi connectivity index (χ2v) is 20.6. The Morgan fingerprint density at radius 2 is 1.34 bits per heavy atom. The van der Waals surface area contributed by atoms with Gasteiger partial charge in [0, 0.05) is 89.1 Å². The maximum atomic E-state index is 15.3. The van der Waals surface area contributed by atoms with Crippen molar-refractivity contribution in [3.8, 4) is 0 Å². The lowest BCUT2D eigenvalue weighted by Gasteiger charge is -2.40. The molecule has 1 aromatic heterocycles. The van der Waals surface area contributed by atoms with Crippen molar-refractivity contribution in [3.05, 3.63) is 111 Å². The highest BCUT2D eigenvalue weighted by atomic mass is 19.1. The zero-order valence-electron chi connectivity index (χ0n) is 40.3. The van der Waals surface area contributed by atoms with E-state index < -0.39 is 29.5 Å². The Morgan fingerprint density at radius 3 is 2.04 bits per heavy atom. The molecule has 4 saturated heterocycles. The number of H-pyrrole nitrogens is 1. The first-order chi connectivity index (χ1) is 34.4. The average Bonchev–Trinajstić information content (AvgIpc) is 4.24. The molecule has 17 heteroatoms. The van der Waals surface area contributed by atoms with E-state index in [0.717, 1.165) is 63.4 Å². The summed E-state index contributed by atoms with van der Waals surface area (Å²) in [5, 5.41) is 11.0. The minimum atomic E-state index is -0.744. The number of likely N-dealkylation sites (tertiary alicyclic amines) is 3. The van der Waals surface area contributed by atoms with Gasteiger partial charge in [-0.25, -0.2) is 13.9 Å². The molecule has 376 valence electrons. The fourth-order valence-electron chi connectivity index (χ4n) is 11.3. The molecule has 0 spiro atoms. The van der Waals surface area contributed by atoms with Crippen molar-refractivity contribution in [1.82, 2.24) is 40.0 Å². The Labute approximate surface area is 412 Å². The third kappa shape index (κ3) is 11.1. The predicted molar refractivity (Wildman–Crippen MR) is 260 cm³/mol. The summed E-state index contributed by atoms with van der Waals surface area (Å²) in [6.07, 6.45) is 9.81. The molecule has 10 rings (SSSR count). The lowest BCUT2D eigenvalue weighted by atomic mass is 9.83. The predicted octanol–water partition coefficient (Wildman–Crippen LogP) is 5.26. The number of piperazine rings is 1. The van der Waals surface area contributed by atoms with Crippen LogP contribution in [0.3, 0.4) is 0 Å². The standard InChI is InChI=1S/C54H64F2N8O7/c55-45-15-13-37(38-31-64(32-38)52(68)36-11-12-36)30-43(45)50(66)57-49(35-6-2-1-3-7-35)54(70)62-22-18-40(19-23-62)71-39-16-20-60(21-17-39)33-48(65)61-24-26-63(27-25-61)53(69)44-28-34(10-14-46(44)56)29-47-41-8-4-5-9-42(41)51(67)59-58-47/h4-5,8-10,13-15,28,30,35-36,38-40,49H,1-3,6-7,11-12,16-27,29,31-33H2,(H,57,66)(H,59,67)/t49-/m1/s1. The topological polar surface area (TPSA) is 169 Å². The Kier molecular flexibility index (Phi) is 14.6. The minimum Gasteiger partial charge on any atom is -0.375 e. The van der Waals surface area contributed by atoms with E-state index in [1.165, 1.54) is 12.1 Å². The number of amides is 5. The van der Waals surface area contributed by atoms with Crippen LogP contribution in [-0.2, 0) is 25.5 Å². The van der Waals surface area contributed by atoms with Gasteiger partial charge in [0.15, 0.2) is 0 Å². The Bertz CT molecular complexity index is 2700. The van der Waals surface area contributed by atoms with Crippen molar-refractivity contribution >= 4 is 40.3 Å². The Balaban J connectivity index is 0.658. The molecular formula is C54H64F2N8O7. The molecular weight excluding hydrogens is 911 g/mol. The molecule has 0 bridgehead atoms. The van der Waals surface area contributed by atoms with E-state index in [4.69, 9.17) is 4.74 Å². The van der Waals surface area contributed by atoms with Gasteiger partial charge in [-0.05, 0) is 98.7 Å². The molecule has 0 unspecified atom stereocenters. The molecule has 6 fully saturated rings. The summed E-state index contributed by atoms with van der Waals surface area (Å²) in [5.41, 5.74) is 1.73. The van der Waals surface area contributed by atoms with Crippen LogP contribution in [0.15, 0.2) is 65.5 Å². The highest BCUT2D eigenvalue weighted by Gasteiger charge is 2.41. The number of aromatic amines is 1. The molecule has 4 aliphatic heterocycles. The van der Waals surface area contributed by atoms with Crippen LogP contribution < -0.4 is 10.9 Å². The number of nitrogens with zero attached hydrogens (tertiary/aromatic N) is 6. The second kappa shape index (κ2) is 21.3. The third-order valence-electron chi connectivity index (χ3n) is 15.9. The number of piperidine rings is 2. The van der Waals surface area contributed by atoms with E-state index in [0.29, 0.717) is 93.7 Å². The SMILES string of the molecule is O=C(N[C@@H](C(=O)N1CCC(OC2CCN(CC(=O)N3CCN(C(=O)c4cc(Cc5n[nH]c(=O)c6ccccc56)ccc4F)CC3)CC2)CC1)C1CCCCC1)c1cc(C2CN(C(=O)C3CC3)C2)ccc1F. The molecule has 1 atom stereocenters. The van der Waals surface area contributed by atoms with Crippen molar-refractivity contribution in [2.75, 3.05) is 72.0 Å². The van der Waals surface area contributed by atoms with Gasteiger partial charge in [0.05, 0.1) is 41.0 Å². The number of halogens is 2. The molecule has 2 aliphatic carbocycles. The number of carbonyl (C=O) groups is 5. The number of carbonyl (C=O) groups excluding carboxylic acids is 5. The van der Waals surface area contributed by atoms with Gasteiger partial charge in [0.1, 0.15) is 17.7 Å². The lowest BCUT2D eigenvalue weighted by Crippen LogP contribution is -2.55. The monoisotopic (exact) mass is 974 g/mol. The van der Waals surface area contributed by atoms with Gasteiger partial charge in [0.2, 0.25) is 17.7 Å². The van der Waals surface area contributed by atoms with Gasteiger partial charge in [-0.2, -0.15) is 5.10 Å². The number of hydrogen-bond donors (Lipinski definition) is 2. The van der Waals surface area contributed by atoms with Crippen LogP contribution in [0.25, 0.3) is 10.8 Å². The van der Waals surface area contributed by atoms with E-state index in [9.17, 15) is 28.8 Å². The average molecular weight is 975 g/mol. The van der Waals surface area contributed by atoms with Crippen molar-refractivity contribution in [1.29, 1.82) is 0 Å². The number of hydrogen-bond acceptors (Lipinski definition) is 9. The van der Waals surface area contributed by atoms with Gasteiger partial charge in [-0.15, -0.1) is 0 Å². The van der Waals surface area contributed by atoms with Gasteiger partial charge in [-0.1, -0.05) is 49.6 Å². The normalized spacial score (nSPS) is 20.5. The van der Waals surface area contributed by atoms with E-state index in [2.05, 4.69) is 20.4 Å². The van der Waals surface area contributed by atoms with Crippen LogP contribution in [0.5, 0.6) is 0 Å². The summed E-state index contributed by atoms with van der Waals surface area (Å²) in [6, 6.07) is 15.5. The van der Waals surface area contributed by atoms with Crippen molar-refractivity contribution < 1.29 is 37.5 Å². The van der Waals surface area contributed by atoms with Crippen LogP contribution in [0, 0.1) is 23.5 Å². The van der Waals surface area contributed by atoms with Gasteiger partial charge in [-0.3, -0.25) is 33.7 Å². The van der Waals surface area contributed by atoms with Crippen LogP contribution in [-0.4, -0.2) is 154 Å². The first-order valence-corrected chi connectivity index (χ1v) is 25.8. The summed E-state index contributed by atoms with van der Waals surface area (Å²) >= 11 is 0. The molecule has 0 radical (unpaired) electrons. The third-order valence-corrected chi connectivity index (χ3v) is 15.9. The molecule has 2 saturated carbocycles.